The number of hydrogen-bond acceptors (Lipinski definition) is 2. The summed E-state index contributed by atoms with van der Waals surface area (Å²) in [6.45, 7) is 2.87. The molecule has 1 saturated carbocycles. The van der Waals surface area contributed by atoms with Gasteiger partial charge in [0, 0.05) is 11.1 Å². The maximum absolute atomic E-state index is 10.6. The SMILES string of the molecule is Cc1cc(C(O)C2CCOC3(CCC3)C2)ccc1Br. The molecule has 1 saturated heterocycles. The van der Waals surface area contributed by atoms with Crippen LogP contribution in [-0.2, 0) is 4.74 Å². The van der Waals surface area contributed by atoms with E-state index < -0.39 is 0 Å². The summed E-state index contributed by atoms with van der Waals surface area (Å²) in [7, 11) is 0. The third-order valence-electron chi connectivity index (χ3n) is 4.77. The van der Waals surface area contributed by atoms with E-state index in [-0.39, 0.29) is 11.7 Å². The molecule has 3 heteroatoms. The van der Waals surface area contributed by atoms with Gasteiger partial charge in [-0.15, -0.1) is 0 Å². The molecule has 0 bridgehead atoms. The summed E-state index contributed by atoms with van der Waals surface area (Å²) >= 11 is 3.51. The van der Waals surface area contributed by atoms with Crippen LogP contribution in [0.1, 0.15) is 49.3 Å². The van der Waals surface area contributed by atoms with Gasteiger partial charge >= 0.3 is 0 Å². The first-order chi connectivity index (χ1) is 9.10. The second kappa shape index (κ2) is 5.19. The molecule has 2 nitrogen and oxygen atoms in total. The van der Waals surface area contributed by atoms with Crippen LogP contribution in [0.2, 0.25) is 0 Å². The van der Waals surface area contributed by atoms with Crippen LogP contribution < -0.4 is 0 Å². The Morgan fingerprint density at radius 2 is 2.21 bits per heavy atom. The van der Waals surface area contributed by atoms with Crippen molar-refractivity contribution in [3.63, 3.8) is 0 Å². The fraction of sp³-hybridized carbons (Fsp3) is 0.625. The maximum Gasteiger partial charge on any atom is 0.0820 e. The van der Waals surface area contributed by atoms with Gasteiger partial charge < -0.3 is 9.84 Å². The average Bonchev–Trinajstić information content (AvgIpc) is 2.39. The van der Waals surface area contributed by atoms with Crippen molar-refractivity contribution in [2.75, 3.05) is 6.61 Å². The Balaban J connectivity index is 1.75. The summed E-state index contributed by atoms with van der Waals surface area (Å²) in [5.41, 5.74) is 2.33. The number of aryl methyl sites for hydroxylation is 1. The standard InChI is InChI=1S/C16H21BrO2/c1-11-9-12(3-4-14(11)17)15(18)13-5-8-19-16(10-13)6-2-7-16/h3-4,9,13,15,18H,2,5-8,10H2,1H3. The normalized spacial score (nSPS) is 27.0. The molecule has 2 fully saturated rings. The van der Waals surface area contributed by atoms with Gasteiger partial charge in [-0.25, -0.2) is 0 Å². The van der Waals surface area contributed by atoms with Gasteiger partial charge in [-0.2, -0.15) is 0 Å². The molecule has 0 amide bonds. The van der Waals surface area contributed by atoms with Crippen LogP contribution in [0.25, 0.3) is 0 Å². The first-order valence-corrected chi connectivity index (χ1v) is 7.97. The van der Waals surface area contributed by atoms with Gasteiger partial charge in [0.1, 0.15) is 0 Å². The van der Waals surface area contributed by atoms with Crippen LogP contribution in [-0.4, -0.2) is 17.3 Å². The second-order valence-electron chi connectivity index (χ2n) is 6.09. The van der Waals surface area contributed by atoms with Crippen LogP contribution in [0, 0.1) is 12.8 Å². The minimum atomic E-state index is -0.354. The Kier molecular flexibility index (Phi) is 3.71. The van der Waals surface area contributed by atoms with Crippen molar-refractivity contribution in [1.29, 1.82) is 0 Å². The second-order valence-corrected chi connectivity index (χ2v) is 6.95. The van der Waals surface area contributed by atoms with Crippen LogP contribution >= 0.6 is 15.9 Å². The first-order valence-electron chi connectivity index (χ1n) is 7.18. The number of hydrogen-bond donors (Lipinski definition) is 1. The molecule has 1 aliphatic heterocycles. The van der Waals surface area contributed by atoms with Gasteiger partial charge in [0.05, 0.1) is 11.7 Å². The highest BCUT2D eigenvalue weighted by molar-refractivity contribution is 9.10. The lowest BCUT2D eigenvalue weighted by atomic mass is 9.70. The molecule has 0 aromatic heterocycles. The lowest BCUT2D eigenvalue weighted by Crippen LogP contribution is -2.46. The summed E-state index contributed by atoms with van der Waals surface area (Å²) < 4.78 is 7.04. The molecule has 1 aliphatic carbocycles. The van der Waals surface area contributed by atoms with Gasteiger partial charge in [-0.1, -0.05) is 28.1 Å². The molecule has 3 rings (SSSR count). The predicted octanol–water partition coefficient (Wildman–Crippen LogP) is 4.14. The Hall–Kier alpha value is -0.380. The number of halogens is 1. The fourth-order valence-electron chi connectivity index (χ4n) is 3.38. The number of aliphatic hydroxyl groups excluding tert-OH is 1. The molecule has 1 aromatic carbocycles. The lowest BCUT2D eigenvalue weighted by molar-refractivity contribution is -0.157. The van der Waals surface area contributed by atoms with Crippen LogP contribution in [0.3, 0.4) is 0 Å². The van der Waals surface area contributed by atoms with Gasteiger partial charge in [0.2, 0.25) is 0 Å². The minimum Gasteiger partial charge on any atom is -0.388 e. The number of benzene rings is 1. The van der Waals surface area contributed by atoms with E-state index in [4.69, 9.17) is 4.74 Å². The zero-order chi connectivity index (χ0) is 13.5. The molecule has 1 spiro atoms. The number of rotatable bonds is 2. The largest absolute Gasteiger partial charge is 0.388 e. The van der Waals surface area contributed by atoms with Crippen molar-refractivity contribution in [3.05, 3.63) is 33.8 Å². The maximum atomic E-state index is 10.6. The molecule has 1 aromatic rings. The summed E-state index contributed by atoms with van der Waals surface area (Å²) in [5.74, 6) is 0.342. The Morgan fingerprint density at radius 1 is 1.42 bits per heavy atom. The number of ether oxygens (including phenoxy) is 1. The highest BCUT2D eigenvalue weighted by Gasteiger charge is 2.44. The molecule has 1 heterocycles. The molecular weight excluding hydrogens is 304 g/mol. The van der Waals surface area contributed by atoms with Crippen LogP contribution in [0.15, 0.2) is 22.7 Å². The molecular formula is C16H21BrO2. The third-order valence-corrected chi connectivity index (χ3v) is 5.66. The van der Waals surface area contributed by atoms with Crippen molar-refractivity contribution in [2.24, 2.45) is 5.92 Å². The van der Waals surface area contributed by atoms with Crippen molar-refractivity contribution in [3.8, 4) is 0 Å². The van der Waals surface area contributed by atoms with E-state index in [2.05, 4.69) is 28.9 Å². The van der Waals surface area contributed by atoms with E-state index >= 15 is 0 Å². The quantitative estimate of drug-likeness (QED) is 0.885. The molecule has 2 aliphatic rings. The zero-order valence-corrected chi connectivity index (χ0v) is 12.9. The Bertz CT molecular complexity index is 468. The monoisotopic (exact) mass is 324 g/mol. The molecule has 0 radical (unpaired) electrons. The van der Waals surface area contributed by atoms with E-state index in [0.717, 1.165) is 29.5 Å². The summed E-state index contributed by atoms with van der Waals surface area (Å²) in [5, 5.41) is 10.6. The van der Waals surface area contributed by atoms with Gasteiger partial charge in [0.15, 0.2) is 0 Å². The fourth-order valence-corrected chi connectivity index (χ4v) is 3.63. The summed E-state index contributed by atoms with van der Waals surface area (Å²) in [6, 6.07) is 6.16. The smallest absolute Gasteiger partial charge is 0.0820 e. The third kappa shape index (κ3) is 2.61. The van der Waals surface area contributed by atoms with Crippen molar-refractivity contribution in [1.82, 2.24) is 0 Å². The zero-order valence-electron chi connectivity index (χ0n) is 11.4. The molecule has 104 valence electrons. The highest BCUT2D eigenvalue weighted by Crippen LogP contribution is 2.47. The molecule has 1 N–H and O–H groups in total. The Morgan fingerprint density at radius 3 is 2.84 bits per heavy atom. The van der Waals surface area contributed by atoms with Gasteiger partial charge in [0.25, 0.3) is 0 Å². The number of aliphatic hydroxyl groups is 1. The van der Waals surface area contributed by atoms with Gasteiger partial charge in [-0.05, 0) is 62.1 Å². The Labute approximate surface area is 123 Å². The first kappa shape index (κ1) is 13.6. The van der Waals surface area contributed by atoms with Crippen molar-refractivity contribution < 1.29 is 9.84 Å². The lowest BCUT2D eigenvalue weighted by Gasteiger charge is -2.48. The average molecular weight is 325 g/mol. The predicted molar refractivity (Wildman–Crippen MR) is 79.1 cm³/mol. The summed E-state index contributed by atoms with van der Waals surface area (Å²) in [4.78, 5) is 0. The van der Waals surface area contributed by atoms with Crippen LogP contribution in [0.4, 0.5) is 0 Å². The molecule has 2 atom stereocenters. The molecule has 19 heavy (non-hydrogen) atoms. The van der Waals surface area contributed by atoms with E-state index in [0.29, 0.717) is 5.92 Å². The van der Waals surface area contributed by atoms with Crippen molar-refractivity contribution >= 4 is 15.9 Å². The van der Waals surface area contributed by atoms with E-state index in [9.17, 15) is 5.11 Å². The van der Waals surface area contributed by atoms with Crippen molar-refractivity contribution in [2.45, 2.75) is 50.7 Å². The van der Waals surface area contributed by atoms with Gasteiger partial charge in [-0.3, -0.25) is 0 Å². The summed E-state index contributed by atoms with van der Waals surface area (Å²) in [6.07, 6.45) is 5.26. The highest BCUT2D eigenvalue weighted by atomic mass is 79.9. The van der Waals surface area contributed by atoms with E-state index in [1.165, 1.54) is 24.8 Å². The minimum absolute atomic E-state index is 0.105. The topological polar surface area (TPSA) is 29.5 Å². The van der Waals surface area contributed by atoms with Crippen LogP contribution in [0.5, 0.6) is 0 Å². The van der Waals surface area contributed by atoms with E-state index in [1.807, 2.05) is 12.1 Å². The van der Waals surface area contributed by atoms with E-state index in [1.54, 1.807) is 0 Å². The molecule has 2 unspecified atom stereocenters.